The average molecular weight is 454 g/mol. The Balaban J connectivity index is 1.62. The number of fused-ring (bicyclic) bond motifs is 1. The quantitative estimate of drug-likeness (QED) is 0.394. The number of carbonyl (C=O) groups is 1. The zero-order valence-electron chi connectivity index (χ0n) is 19.5. The molecule has 172 valence electrons. The molecular weight excluding hydrogens is 426 g/mol. The molecule has 0 unspecified atom stereocenters. The van der Waals surface area contributed by atoms with E-state index >= 15 is 0 Å². The van der Waals surface area contributed by atoms with Gasteiger partial charge in [0.1, 0.15) is 5.82 Å². The molecule has 2 N–H and O–H groups in total. The lowest BCUT2D eigenvalue weighted by Crippen LogP contribution is -2.22. The van der Waals surface area contributed by atoms with Gasteiger partial charge in [-0.1, -0.05) is 42.5 Å². The third-order valence-electron chi connectivity index (χ3n) is 6.57. The molecule has 6 heteroatoms. The van der Waals surface area contributed by atoms with Gasteiger partial charge in [-0.15, -0.1) is 0 Å². The molecule has 0 bridgehead atoms. The topological polar surface area (TPSA) is 84.2 Å². The molecule has 1 aliphatic rings. The number of rotatable bonds is 6. The van der Waals surface area contributed by atoms with Crippen molar-refractivity contribution in [2.45, 2.75) is 38.6 Å². The number of nitrogens with zero attached hydrogens (tertiary/aromatic N) is 2. The number of aromatic nitrogens is 2. The lowest BCUT2D eigenvalue weighted by Gasteiger charge is -2.20. The Kier molecular flexibility index (Phi) is 5.44. The predicted octanol–water partition coefficient (Wildman–Crippen LogP) is 5.66. The minimum absolute atomic E-state index is 0.102. The van der Waals surface area contributed by atoms with Crippen molar-refractivity contribution in [3.8, 4) is 11.4 Å². The summed E-state index contributed by atoms with van der Waals surface area (Å²) in [5.41, 5.74) is 5.28. The first kappa shape index (κ1) is 21.9. The van der Waals surface area contributed by atoms with Crippen LogP contribution in [0.5, 0.6) is 0 Å². The summed E-state index contributed by atoms with van der Waals surface area (Å²) >= 11 is 0. The summed E-state index contributed by atoms with van der Waals surface area (Å²) < 4.78 is 1.61. The van der Waals surface area contributed by atoms with E-state index in [9.17, 15) is 14.7 Å². The van der Waals surface area contributed by atoms with E-state index in [4.69, 9.17) is 4.98 Å². The van der Waals surface area contributed by atoms with Crippen LogP contribution in [0.2, 0.25) is 0 Å². The smallest absolute Gasteiger partial charge is 0.337 e. The van der Waals surface area contributed by atoms with Crippen molar-refractivity contribution in [2.75, 3.05) is 5.32 Å². The highest BCUT2D eigenvalue weighted by Crippen LogP contribution is 2.40. The highest BCUT2D eigenvalue weighted by molar-refractivity contribution is 5.94. The minimum Gasteiger partial charge on any atom is -0.478 e. The Morgan fingerprint density at radius 3 is 2.50 bits per heavy atom. The van der Waals surface area contributed by atoms with Gasteiger partial charge in [0, 0.05) is 23.9 Å². The van der Waals surface area contributed by atoms with E-state index in [0.717, 1.165) is 16.7 Å². The molecule has 0 amide bonds. The fourth-order valence-electron chi connectivity index (χ4n) is 4.57. The van der Waals surface area contributed by atoms with Gasteiger partial charge in [0.15, 0.2) is 0 Å². The van der Waals surface area contributed by atoms with Crippen LogP contribution in [0.1, 0.15) is 58.8 Å². The van der Waals surface area contributed by atoms with Gasteiger partial charge in [0.25, 0.3) is 5.56 Å². The normalized spacial score (nSPS) is 14.2. The van der Waals surface area contributed by atoms with Crippen LogP contribution in [0.15, 0.2) is 65.5 Å². The second-order valence-corrected chi connectivity index (χ2v) is 9.16. The summed E-state index contributed by atoms with van der Waals surface area (Å²) in [4.78, 5) is 30.0. The standard InChI is InChI=1S/C28H27N3O3/c1-16-14-22(17(2)29-24-7-5-4-6-21(24)28(33)34)25-23(15-16)27(32)31(3)26(30-25)20-12-10-19(11-13-20)18-8-9-18/h4-7,10-15,17-18,29H,8-9H2,1-3H3,(H,33,34)/t17-/m1/s1. The molecule has 0 saturated heterocycles. The number of benzene rings is 3. The second kappa shape index (κ2) is 8.45. The molecular formula is C28H27N3O3. The van der Waals surface area contributed by atoms with Crippen molar-refractivity contribution < 1.29 is 9.90 Å². The van der Waals surface area contributed by atoms with Crippen molar-refractivity contribution >= 4 is 22.6 Å². The maximum atomic E-state index is 13.4. The molecule has 0 spiro atoms. The number of carboxylic acids is 1. The van der Waals surface area contributed by atoms with Crippen LogP contribution in [0.3, 0.4) is 0 Å². The lowest BCUT2D eigenvalue weighted by molar-refractivity contribution is 0.0698. The zero-order valence-corrected chi connectivity index (χ0v) is 19.5. The molecule has 3 aromatic carbocycles. The van der Waals surface area contributed by atoms with E-state index in [1.54, 1.807) is 35.9 Å². The van der Waals surface area contributed by atoms with Crippen molar-refractivity contribution in [3.63, 3.8) is 0 Å². The van der Waals surface area contributed by atoms with E-state index < -0.39 is 5.97 Å². The summed E-state index contributed by atoms with van der Waals surface area (Å²) in [5.74, 6) is 0.286. The fourth-order valence-corrected chi connectivity index (χ4v) is 4.57. The number of anilines is 1. The molecule has 0 radical (unpaired) electrons. The van der Waals surface area contributed by atoms with Crippen LogP contribution in [0.25, 0.3) is 22.3 Å². The highest BCUT2D eigenvalue weighted by Gasteiger charge is 2.23. The number of carboxylic acid groups (broad SMARTS) is 1. The average Bonchev–Trinajstić information content (AvgIpc) is 3.67. The third kappa shape index (κ3) is 3.96. The molecule has 1 heterocycles. The van der Waals surface area contributed by atoms with Gasteiger partial charge in [-0.05, 0) is 61.9 Å². The maximum absolute atomic E-state index is 13.4. The van der Waals surface area contributed by atoms with E-state index in [-0.39, 0.29) is 17.2 Å². The molecule has 6 nitrogen and oxygen atoms in total. The van der Waals surface area contributed by atoms with E-state index in [1.807, 2.05) is 38.1 Å². The van der Waals surface area contributed by atoms with Crippen molar-refractivity contribution in [2.24, 2.45) is 7.05 Å². The summed E-state index contributed by atoms with van der Waals surface area (Å²) in [6.07, 6.45) is 2.48. The summed E-state index contributed by atoms with van der Waals surface area (Å²) in [7, 11) is 1.76. The summed E-state index contributed by atoms with van der Waals surface area (Å²) in [5, 5.41) is 13.4. The number of hydrogen-bond donors (Lipinski definition) is 2. The molecule has 0 aliphatic heterocycles. The third-order valence-corrected chi connectivity index (χ3v) is 6.57. The first-order valence-electron chi connectivity index (χ1n) is 11.5. The Labute approximate surface area is 197 Å². The Hall–Kier alpha value is -3.93. The minimum atomic E-state index is -0.992. The zero-order chi connectivity index (χ0) is 24.0. The number of aryl methyl sites for hydroxylation is 1. The van der Waals surface area contributed by atoms with Crippen LogP contribution < -0.4 is 10.9 Å². The second-order valence-electron chi connectivity index (χ2n) is 9.16. The molecule has 4 aromatic rings. The van der Waals surface area contributed by atoms with E-state index in [2.05, 4.69) is 17.4 Å². The SMILES string of the molecule is Cc1cc([C@@H](C)Nc2ccccc2C(=O)O)c2nc(-c3ccc(C4CC4)cc3)n(C)c(=O)c2c1. The van der Waals surface area contributed by atoms with Crippen molar-refractivity contribution in [1.82, 2.24) is 9.55 Å². The Morgan fingerprint density at radius 2 is 1.82 bits per heavy atom. The van der Waals surface area contributed by atoms with Gasteiger partial charge < -0.3 is 10.4 Å². The van der Waals surface area contributed by atoms with E-state index in [1.165, 1.54) is 18.4 Å². The largest absolute Gasteiger partial charge is 0.478 e. The molecule has 1 aromatic heterocycles. The molecule has 5 rings (SSSR count). The van der Waals surface area contributed by atoms with Crippen LogP contribution in [0.4, 0.5) is 5.69 Å². The molecule has 1 aliphatic carbocycles. The number of hydrogen-bond acceptors (Lipinski definition) is 4. The number of nitrogens with one attached hydrogen (secondary N) is 1. The van der Waals surface area contributed by atoms with Gasteiger partial charge >= 0.3 is 5.97 Å². The first-order valence-corrected chi connectivity index (χ1v) is 11.5. The number of aromatic carboxylic acids is 1. The first-order chi connectivity index (χ1) is 16.3. The van der Waals surface area contributed by atoms with Crippen LogP contribution in [-0.2, 0) is 7.05 Å². The highest BCUT2D eigenvalue weighted by atomic mass is 16.4. The van der Waals surface area contributed by atoms with Crippen LogP contribution in [-0.4, -0.2) is 20.6 Å². The fraction of sp³-hybridized carbons (Fsp3) is 0.250. The van der Waals surface area contributed by atoms with Crippen molar-refractivity contribution in [1.29, 1.82) is 0 Å². The Morgan fingerprint density at radius 1 is 1.12 bits per heavy atom. The Bertz CT molecular complexity index is 1470. The van der Waals surface area contributed by atoms with Gasteiger partial charge in [-0.2, -0.15) is 0 Å². The lowest BCUT2D eigenvalue weighted by atomic mass is 10.00. The molecule has 34 heavy (non-hydrogen) atoms. The summed E-state index contributed by atoms with van der Waals surface area (Å²) in [6.45, 7) is 3.90. The van der Waals surface area contributed by atoms with Gasteiger partial charge in [-0.25, -0.2) is 9.78 Å². The van der Waals surface area contributed by atoms with Gasteiger partial charge in [0.05, 0.1) is 22.5 Å². The summed E-state index contributed by atoms with van der Waals surface area (Å²) in [6, 6.07) is 18.8. The van der Waals surface area contributed by atoms with Crippen molar-refractivity contribution in [3.05, 3.63) is 93.3 Å². The molecule has 1 saturated carbocycles. The molecule has 1 atom stereocenters. The van der Waals surface area contributed by atoms with E-state index in [0.29, 0.717) is 28.3 Å². The maximum Gasteiger partial charge on any atom is 0.337 e. The molecule has 1 fully saturated rings. The monoisotopic (exact) mass is 453 g/mol. The van der Waals surface area contributed by atoms with Crippen LogP contribution >= 0.6 is 0 Å². The number of para-hydroxylation sites is 1. The van der Waals surface area contributed by atoms with Gasteiger partial charge in [-0.3, -0.25) is 9.36 Å². The van der Waals surface area contributed by atoms with Crippen LogP contribution in [0, 0.1) is 6.92 Å². The predicted molar refractivity (Wildman–Crippen MR) is 135 cm³/mol. The van der Waals surface area contributed by atoms with Gasteiger partial charge in [0.2, 0.25) is 0 Å².